The molecule has 0 bridgehead atoms. The van der Waals surface area contributed by atoms with Gasteiger partial charge in [0.1, 0.15) is 25.4 Å². The van der Waals surface area contributed by atoms with Crippen molar-refractivity contribution in [2.45, 2.75) is 44.6 Å². The number of aliphatic carboxylic acids is 1. The Labute approximate surface area is 204 Å². The molecule has 0 radical (unpaired) electrons. The molecule has 7 nitrogen and oxygen atoms in total. The van der Waals surface area contributed by atoms with Gasteiger partial charge < -0.3 is 24.6 Å². The quantitative estimate of drug-likeness (QED) is 0.433. The zero-order valence-corrected chi connectivity index (χ0v) is 19.4. The van der Waals surface area contributed by atoms with Crippen molar-refractivity contribution < 1.29 is 28.9 Å². The van der Waals surface area contributed by atoms with E-state index in [1.165, 1.54) is 0 Å². The number of carbonyl (C=O) groups excluding carboxylic acids is 1. The van der Waals surface area contributed by atoms with Gasteiger partial charge in [-0.2, -0.15) is 0 Å². The van der Waals surface area contributed by atoms with Crippen molar-refractivity contribution in [3.05, 3.63) is 95.6 Å². The maximum atomic E-state index is 12.4. The van der Waals surface area contributed by atoms with E-state index < -0.39 is 24.0 Å². The molecule has 0 spiro atoms. The molecule has 7 heteroatoms. The van der Waals surface area contributed by atoms with E-state index in [0.29, 0.717) is 43.3 Å². The molecular weight excluding hydrogens is 446 g/mol. The van der Waals surface area contributed by atoms with Gasteiger partial charge in [0.25, 0.3) is 0 Å². The number of ether oxygens (including phenoxy) is 3. The second-order valence-corrected chi connectivity index (χ2v) is 8.43. The van der Waals surface area contributed by atoms with E-state index in [1.54, 1.807) is 18.2 Å². The van der Waals surface area contributed by atoms with Crippen LogP contribution in [-0.4, -0.2) is 35.7 Å². The molecule has 0 saturated carbocycles. The van der Waals surface area contributed by atoms with Crippen molar-refractivity contribution >= 4 is 11.9 Å². The highest BCUT2D eigenvalue weighted by atomic mass is 16.5. The SMILES string of the molecule is O=C(O)[C@H](Cc1ccc(OCc2ccccc2)c(OCc2ccccc2)c1)NC(=O)[C@@H]1CCCO1. The van der Waals surface area contributed by atoms with Gasteiger partial charge in [0.05, 0.1) is 0 Å². The van der Waals surface area contributed by atoms with Crippen LogP contribution in [0.1, 0.15) is 29.5 Å². The molecule has 2 atom stereocenters. The molecule has 3 aromatic carbocycles. The predicted octanol–water partition coefficient (Wildman–Crippen LogP) is 4.14. The Morgan fingerprint density at radius 2 is 1.51 bits per heavy atom. The number of hydrogen-bond acceptors (Lipinski definition) is 5. The first-order valence-corrected chi connectivity index (χ1v) is 11.7. The Kier molecular flexibility index (Phi) is 8.35. The van der Waals surface area contributed by atoms with E-state index >= 15 is 0 Å². The van der Waals surface area contributed by atoms with Crippen molar-refractivity contribution in [2.24, 2.45) is 0 Å². The first-order chi connectivity index (χ1) is 17.1. The van der Waals surface area contributed by atoms with Crippen molar-refractivity contribution in [2.75, 3.05) is 6.61 Å². The summed E-state index contributed by atoms with van der Waals surface area (Å²) in [5.41, 5.74) is 2.73. The Hall–Kier alpha value is -3.84. The smallest absolute Gasteiger partial charge is 0.326 e. The van der Waals surface area contributed by atoms with Crippen molar-refractivity contribution in [3.8, 4) is 11.5 Å². The lowest BCUT2D eigenvalue weighted by Crippen LogP contribution is -2.46. The largest absolute Gasteiger partial charge is 0.485 e. The number of rotatable bonds is 11. The van der Waals surface area contributed by atoms with Gasteiger partial charge in [-0.15, -0.1) is 0 Å². The van der Waals surface area contributed by atoms with E-state index in [1.807, 2.05) is 60.7 Å². The number of amides is 1. The van der Waals surface area contributed by atoms with Crippen molar-refractivity contribution in [3.63, 3.8) is 0 Å². The predicted molar refractivity (Wildman–Crippen MR) is 130 cm³/mol. The van der Waals surface area contributed by atoms with Gasteiger partial charge in [-0.1, -0.05) is 66.7 Å². The van der Waals surface area contributed by atoms with E-state index in [-0.39, 0.29) is 6.42 Å². The summed E-state index contributed by atoms with van der Waals surface area (Å²) < 4.78 is 17.5. The highest BCUT2D eigenvalue weighted by Crippen LogP contribution is 2.30. The second kappa shape index (κ2) is 12.0. The number of carboxylic acids is 1. The van der Waals surface area contributed by atoms with Crippen molar-refractivity contribution in [1.82, 2.24) is 5.32 Å². The molecule has 0 aliphatic carbocycles. The molecule has 1 amide bonds. The van der Waals surface area contributed by atoms with Gasteiger partial charge >= 0.3 is 5.97 Å². The normalized spacial score (nSPS) is 15.8. The molecule has 1 fully saturated rings. The number of benzene rings is 3. The molecular formula is C28H29NO6. The Morgan fingerprint density at radius 1 is 0.886 bits per heavy atom. The Morgan fingerprint density at radius 3 is 2.09 bits per heavy atom. The van der Waals surface area contributed by atoms with Crippen LogP contribution in [-0.2, 0) is 34.0 Å². The van der Waals surface area contributed by atoms with Gasteiger partial charge in [-0.3, -0.25) is 4.79 Å². The van der Waals surface area contributed by atoms with E-state index in [2.05, 4.69) is 5.32 Å². The molecule has 1 aliphatic rings. The van der Waals surface area contributed by atoms with Crippen LogP contribution in [0.2, 0.25) is 0 Å². The summed E-state index contributed by atoms with van der Waals surface area (Å²) in [7, 11) is 0. The van der Waals surface area contributed by atoms with Crippen LogP contribution in [0.5, 0.6) is 11.5 Å². The van der Waals surface area contributed by atoms with Crippen LogP contribution in [0.25, 0.3) is 0 Å². The third-order valence-electron chi connectivity index (χ3n) is 5.76. The molecule has 35 heavy (non-hydrogen) atoms. The highest BCUT2D eigenvalue weighted by molar-refractivity contribution is 5.86. The first kappa shape index (κ1) is 24.3. The minimum Gasteiger partial charge on any atom is -0.485 e. The lowest BCUT2D eigenvalue weighted by atomic mass is 10.0. The van der Waals surface area contributed by atoms with Gasteiger partial charge in [0, 0.05) is 13.0 Å². The fourth-order valence-corrected chi connectivity index (χ4v) is 3.87. The number of nitrogens with one attached hydrogen (secondary N) is 1. The highest BCUT2D eigenvalue weighted by Gasteiger charge is 2.28. The summed E-state index contributed by atoms with van der Waals surface area (Å²) in [6, 6.07) is 23.8. The molecule has 4 rings (SSSR count). The molecule has 1 aliphatic heterocycles. The van der Waals surface area contributed by atoms with Crippen LogP contribution in [0.3, 0.4) is 0 Å². The first-order valence-electron chi connectivity index (χ1n) is 11.7. The maximum Gasteiger partial charge on any atom is 0.326 e. The van der Waals surface area contributed by atoms with Gasteiger partial charge in [0.2, 0.25) is 5.91 Å². The molecule has 3 aromatic rings. The van der Waals surface area contributed by atoms with Crippen LogP contribution >= 0.6 is 0 Å². The van der Waals surface area contributed by atoms with Crippen LogP contribution in [0, 0.1) is 0 Å². The van der Waals surface area contributed by atoms with E-state index in [9.17, 15) is 14.7 Å². The average molecular weight is 476 g/mol. The second-order valence-electron chi connectivity index (χ2n) is 8.43. The number of carbonyl (C=O) groups is 2. The zero-order chi connectivity index (χ0) is 24.5. The van der Waals surface area contributed by atoms with Gasteiger partial charge in [0.15, 0.2) is 11.5 Å². The monoisotopic (exact) mass is 475 g/mol. The molecule has 0 aromatic heterocycles. The Balaban J connectivity index is 1.49. The molecule has 2 N–H and O–H groups in total. The zero-order valence-electron chi connectivity index (χ0n) is 19.4. The fourth-order valence-electron chi connectivity index (χ4n) is 3.87. The standard InChI is InChI=1S/C28H29NO6/c30-27(25-12-7-15-33-25)29-23(28(31)32)16-22-13-14-24(34-18-20-8-3-1-4-9-20)26(17-22)35-19-21-10-5-2-6-11-21/h1-6,8-11,13-14,17,23,25H,7,12,15-16,18-19H2,(H,29,30)(H,31,32)/t23-,25-/m0/s1. The number of carboxylic acid groups (broad SMARTS) is 1. The molecule has 182 valence electrons. The lowest BCUT2D eigenvalue weighted by molar-refractivity contribution is -0.143. The van der Waals surface area contributed by atoms with Crippen LogP contribution in [0.4, 0.5) is 0 Å². The minimum atomic E-state index is -1.10. The van der Waals surface area contributed by atoms with Crippen molar-refractivity contribution in [1.29, 1.82) is 0 Å². The Bertz CT molecular complexity index is 1110. The topological polar surface area (TPSA) is 94.1 Å². The maximum absolute atomic E-state index is 12.4. The summed E-state index contributed by atoms with van der Waals surface area (Å²) in [6.45, 7) is 1.23. The summed E-state index contributed by atoms with van der Waals surface area (Å²) in [6.07, 6.45) is 0.912. The van der Waals surface area contributed by atoms with Crippen LogP contribution in [0.15, 0.2) is 78.9 Å². The third-order valence-corrected chi connectivity index (χ3v) is 5.76. The van der Waals surface area contributed by atoms with Gasteiger partial charge in [-0.05, 0) is 41.7 Å². The molecule has 0 unspecified atom stereocenters. The molecule has 1 saturated heterocycles. The summed E-state index contributed by atoms with van der Waals surface area (Å²) in [4.78, 5) is 24.3. The fraction of sp³-hybridized carbons (Fsp3) is 0.286. The summed E-state index contributed by atoms with van der Waals surface area (Å²) in [5.74, 6) is -0.425. The molecule has 1 heterocycles. The lowest BCUT2D eigenvalue weighted by Gasteiger charge is -2.19. The van der Waals surface area contributed by atoms with E-state index in [4.69, 9.17) is 14.2 Å². The van der Waals surface area contributed by atoms with E-state index in [0.717, 1.165) is 17.5 Å². The average Bonchev–Trinajstić information content (AvgIpc) is 3.43. The van der Waals surface area contributed by atoms with Crippen LogP contribution < -0.4 is 14.8 Å². The summed E-state index contributed by atoms with van der Waals surface area (Å²) in [5, 5.41) is 12.3. The number of hydrogen-bond donors (Lipinski definition) is 2. The third kappa shape index (κ3) is 7.07. The minimum absolute atomic E-state index is 0.106. The van der Waals surface area contributed by atoms with Gasteiger partial charge in [-0.25, -0.2) is 4.79 Å². The summed E-state index contributed by atoms with van der Waals surface area (Å²) >= 11 is 0.